The maximum atomic E-state index is 12.3. The van der Waals surface area contributed by atoms with Gasteiger partial charge in [0.25, 0.3) is 0 Å². The number of aliphatic carboxylic acids is 2. The summed E-state index contributed by atoms with van der Waals surface area (Å²) in [4.78, 5) is 79.7. The molecule has 15 nitrogen and oxygen atoms in total. The molecule has 174 valence electrons. The van der Waals surface area contributed by atoms with Crippen molar-refractivity contribution in [3.05, 3.63) is 0 Å². The minimum Gasteiger partial charge on any atom is -0.481 e. The van der Waals surface area contributed by atoms with E-state index in [4.69, 9.17) is 27.4 Å². The van der Waals surface area contributed by atoms with Gasteiger partial charge in [-0.1, -0.05) is 0 Å². The highest BCUT2D eigenvalue weighted by Gasteiger charge is 2.28. The molecule has 0 fully saturated rings. The number of rotatable bonds is 15. The van der Waals surface area contributed by atoms with Crippen molar-refractivity contribution in [2.24, 2.45) is 17.2 Å². The number of nitrogens with one attached hydrogen (secondary N) is 3. The number of carboxylic acids is 2. The molecule has 5 amide bonds. The van der Waals surface area contributed by atoms with Crippen molar-refractivity contribution in [2.45, 2.75) is 50.2 Å². The van der Waals surface area contributed by atoms with Crippen LogP contribution >= 0.6 is 0 Å². The lowest BCUT2D eigenvalue weighted by atomic mass is 10.1. The number of primary amides is 2. The number of carbonyl (C=O) groups is 7. The Kier molecular flexibility index (Phi) is 11.8. The third kappa shape index (κ3) is 12.4. The number of amides is 5. The molecule has 0 aromatic carbocycles. The molecule has 3 atom stereocenters. The number of hydrogen-bond donors (Lipinski definition) is 8. The van der Waals surface area contributed by atoms with E-state index in [0.29, 0.717) is 0 Å². The van der Waals surface area contributed by atoms with E-state index >= 15 is 0 Å². The smallest absolute Gasteiger partial charge is 0.326 e. The van der Waals surface area contributed by atoms with E-state index in [0.717, 1.165) is 0 Å². The van der Waals surface area contributed by atoms with Gasteiger partial charge in [-0.25, -0.2) is 4.79 Å². The van der Waals surface area contributed by atoms with Crippen molar-refractivity contribution in [1.29, 1.82) is 0 Å². The van der Waals surface area contributed by atoms with E-state index in [1.54, 1.807) is 0 Å². The summed E-state index contributed by atoms with van der Waals surface area (Å²) in [5.41, 5.74) is 15.4. The van der Waals surface area contributed by atoms with Gasteiger partial charge in [0.05, 0.1) is 19.0 Å². The van der Waals surface area contributed by atoms with E-state index in [-0.39, 0.29) is 25.7 Å². The van der Waals surface area contributed by atoms with Gasteiger partial charge in [0, 0.05) is 12.8 Å². The second kappa shape index (κ2) is 13.5. The van der Waals surface area contributed by atoms with Crippen LogP contribution in [-0.2, 0) is 33.6 Å². The summed E-state index contributed by atoms with van der Waals surface area (Å²) in [6.45, 7) is -0.635. The fourth-order valence-corrected chi connectivity index (χ4v) is 2.18. The van der Waals surface area contributed by atoms with Crippen LogP contribution in [0.5, 0.6) is 0 Å². The maximum Gasteiger partial charge on any atom is 0.326 e. The topological polar surface area (TPSA) is 274 Å². The van der Waals surface area contributed by atoms with Gasteiger partial charge in [0.2, 0.25) is 29.5 Å². The van der Waals surface area contributed by atoms with Crippen LogP contribution in [0.2, 0.25) is 0 Å². The van der Waals surface area contributed by atoms with Crippen molar-refractivity contribution >= 4 is 41.5 Å². The monoisotopic (exact) mass is 446 g/mol. The van der Waals surface area contributed by atoms with Crippen LogP contribution in [0.1, 0.15) is 32.1 Å². The predicted octanol–water partition coefficient (Wildman–Crippen LogP) is -4.51. The molecule has 15 heteroatoms. The SMILES string of the molecule is NC(=O)CCC(NC(=O)CNC(=O)C(N)CCC(=O)O)C(=O)NC(CC(N)=O)C(=O)O. The molecule has 0 aliphatic rings. The Labute approximate surface area is 176 Å². The van der Waals surface area contributed by atoms with Crippen LogP contribution in [-0.4, -0.2) is 76.4 Å². The zero-order chi connectivity index (χ0) is 24.1. The highest BCUT2D eigenvalue weighted by atomic mass is 16.4. The highest BCUT2D eigenvalue weighted by Crippen LogP contribution is 2.01. The van der Waals surface area contributed by atoms with Gasteiger partial charge in [-0.3, -0.25) is 28.8 Å². The molecule has 0 aliphatic heterocycles. The number of carboxylic acid groups (broad SMARTS) is 2. The normalized spacial score (nSPS) is 13.2. The second-order valence-corrected chi connectivity index (χ2v) is 6.45. The summed E-state index contributed by atoms with van der Waals surface area (Å²) in [7, 11) is 0. The summed E-state index contributed by atoms with van der Waals surface area (Å²) in [6, 6.07) is -4.25. The molecule has 11 N–H and O–H groups in total. The first-order valence-corrected chi connectivity index (χ1v) is 8.97. The van der Waals surface area contributed by atoms with Gasteiger partial charge < -0.3 is 43.4 Å². The lowest BCUT2D eigenvalue weighted by Crippen LogP contribution is -2.54. The average molecular weight is 446 g/mol. The standard InChI is InChI=1S/C16H26N6O9/c17-7(1-4-13(26)27)14(28)20-6-12(25)21-8(2-3-10(18)23)15(29)22-9(16(30)31)5-11(19)24/h7-9H,1-6,17H2,(H2,18,23)(H2,19,24)(H,20,28)(H,21,25)(H,22,29)(H,26,27)(H,30,31). The third-order valence-electron chi connectivity index (χ3n) is 3.78. The molecule has 0 aromatic heterocycles. The lowest BCUT2D eigenvalue weighted by molar-refractivity contribution is -0.143. The quantitative estimate of drug-likeness (QED) is 0.119. The van der Waals surface area contributed by atoms with Crippen molar-refractivity contribution in [2.75, 3.05) is 6.54 Å². The van der Waals surface area contributed by atoms with E-state index < -0.39 is 72.6 Å². The first-order valence-electron chi connectivity index (χ1n) is 8.97. The summed E-state index contributed by atoms with van der Waals surface area (Å²) < 4.78 is 0. The zero-order valence-corrected chi connectivity index (χ0v) is 16.5. The van der Waals surface area contributed by atoms with Crippen LogP contribution in [0.3, 0.4) is 0 Å². The molecule has 0 saturated carbocycles. The van der Waals surface area contributed by atoms with Gasteiger partial charge in [0.15, 0.2) is 0 Å². The van der Waals surface area contributed by atoms with Crippen LogP contribution in [0.4, 0.5) is 0 Å². The Hall–Kier alpha value is -3.75. The molecule has 0 rings (SSSR count). The Morgan fingerprint density at radius 3 is 1.87 bits per heavy atom. The molecule has 3 unspecified atom stereocenters. The summed E-state index contributed by atoms with van der Waals surface area (Å²) in [5.74, 6) is -7.20. The molecule has 0 aromatic rings. The molecule has 0 bridgehead atoms. The van der Waals surface area contributed by atoms with Gasteiger partial charge in [-0.15, -0.1) is 0 Å². The average Bonchev–Trinajstić information content (AvgIpc) is 2.65. The summed E-state index contributed by atoms with van der Waals surface area (Å²) in [5, 5.41) is 24.0. The number of hydrogen-bond acceptors (Lipinski definition) is 8. The molecule has 31 heavy (non-hydrogen) atoms. The van der Waals surface area contributed by atoms with Crippen LogP contribution in [0.25, 0.3) is 0 Å². The van der Waals surface area contributed by atoms with Gasteiger partial charge in [-0.2, -0.15) is 0 Å². The van der Waals surface area contributed by atoms with E-state index in [1.165, 1.54) is 0 Å². The van der Waals surface area contributed by atoms with Crippen LogP contribution < -0.4 is 33.2 Å². The molecule has 0 saturated heterocycles. The Bertz CT molecular complexity index is 726. The Morgan fingerprint density at radius 1 is 0.774 bits per heavy atom. The first kappa shape index (κ1) is 27.2. The van der Waals surface area contributed by atoms with Crippen LogP contribution in [0, 0.1) is 0 Å². The second-order valence-electron chi connectivity index (χ2n) is 6.45. The largest absolute Gasteiger partial charge is 0.481 e. The lowest BCUT2D eigenvalue weighted by Gasteiger charge is -2.21. The molecular formula is C16H26N6O9. The first-order chi connectivity index (χ1) is 14.3. The minimum absolute atomic E-state index is 0.164. The Balaban J connectivity index is 4.95. The minimum atomic E-state index is -1.66. The molecular weight excluding hydrogens is 420 g/mol. The Morgan fingerprint density at radius 2 is 1.39 bits per heavy atom. The van der Waals surface area contributed by atoms with Crippen molar-refractivity contribution in [3.63, 3.8) is 0 Å². The van der Waals surface area contributed by atoms with Gasteiger partial charge in [0.1, 0.15) is 12.1 Å². The van der Waals surface area contributed by atoms with Gasteiger partial charge >= 0.3 is 11.9 Å². The predicted molar refractivity (Wildman–Crippen MR) is 102 cm³/mol. The fraction of sp³-hybridized carbons (Fsp3) is 0.562. The molecule has 0 heterocycles. The number of carbonyl (C=O) groups excluding carboxylic acids is 5. The van der Waals surface area contributed by atoms with Gasteiger partial charge in [-0.05, 0) is 12.8 Å². The maximum absolute atomic E-state index is 12.3. The molecule has 0 spiro atoms. The van der Waals surface area contributed by atoms with E-state index in [1.807, 2.05) is 5.32 Å². The van der Waals surface area contributed by atoms with Crippen molar-refractivity contribution in [3.8, 4) is 0 Å². The van der Waals surface area contributed by atoms with E-state index in [2.05, 4.69) is 10.6 Å². The molecule has 0 radical (unpaired) electrons. The van der Waals surface area contributed by atoms with E-state index in [9.17, 15) is 33.6 Å². The highest BCUT2D eigenvalue weighted by molar-refractivity contribution is 5.94. The fourth-order valence-electron chi connectivity index (χ4n) is 2.18. The summed E-state index contributed by atoms with van der Waals surface area (Å²) >= 11 is 0. The third-order valence-corrected chi connectivity index (χ3v) is 3.78. The number of nitrogens with two attached hydrogens (primary N) is 3. The van der Waals surface area contributed by atoms with Crippen molar-refractivity contribution < 1.29 is 43.8 Å². The van der Waals surface area contributed by atoms with Crippen molar-refractivity contribution in [1.82, 2.24) is 16.0 Å². The molecule has 0 aliphatic carbocycles. The summed E-state index contributed by atoms with van der Waals surface area (Å²) in [6.07, 6.45) is -1.85. The zero-order valence-electron chi connectivity index (χ0n) is 16.5. The van der Waals surface area contributed by atoms with Crippen LogP contribution in [0.15, 0.2) is 0 Å².